The van der Waals surface area contributed by atoms with Crippen molar-refractivity contribution in [1.29, 1.82) is 0 Å². The van der Waals surface area contributed by atoms with Gasteiger partial charge in [0.25, 0.3) is 0 Å². The molecular formula is C23H29FN2O2. The molecule has 0 bridgehead atoms. The molecule has 0 saturated heterocycles. The normalized spacial score (nSPS) is 10.1. The molecule has 0 aliphatic rings. The van der Waals surface area contributed by atoms with Gasteiger partial charge >= 0.3 is 0 Å². The first kappa shape index (κ1) is 23.1. The number of ether oxygens (including phenoxy) is 1. The van der Waals surface area contributed by atoms with Gasteiger partial charge in [-0.1, -0.05) is 38.1 Å². The number of halogens is 1. The molecule has 2 aromatic carbocycles. The number of rotatable bonds is 2. The van der Waals surface area contributed by atoms with Crippen molar-refractivity contribution in [3.05, 3.63) is 64.9 Å². The Kier molecular flexibility index (Phi) is 9.09. The van der Waals surface area contributed by atoms with Gasteiger partial charge in [0.15, 0.2) is 11.5 Å². The molecule has 4 nitrogen and oxygen atoms in total. The van der Waals surface area contributed by atoms with Crippen LogP contribution in [0.15, 0.2) is 36.7 Å². The van der Waals surface area contributed by atoms with Gasteiger partial charge in [-0.2, -0.15) is 0 Å². The van der Waals surface area contributed by atoms with Crippen LogP contribution in [0.25, 0.3) is 17.0 Å². The van der Waals surface area contributed by atoms with Crippen LogP contribution in [-0.4, -0.2) is 22.2 Å². The van der Waals surface area contributed by atoms with Crippen LogP contribution < -0.4 is 4.74 Å². The molecule has 5 heteroatoms. The Morgan fingerprint density at radius 2 is 1.68 bits per heavy atom. The Morgan fingerprint density at radius 3 is 2.29 bits per heavy atom. The predicted octanol–water partition coefficient (Wildman–Crippen LogP) is 6.15. The third-order valence-electron chi connectivity index (χ3n) is 4.06. The molecule has 1 N–H and O–H groups in total. The fourth-order valence-electron chi connectivity index (χ4n) is 2.53. The topological polar surface area (TPSA) is 55.2 Å². The highest BCUT2D eigenvalue weighted by Crippen LogP contribution is 2.30. The highest BCUT2D eigenvalue weighted by molar-refractivity contribution is 5.84. The van der Waals surface area contributed by atoms with Gasteiger partial charge < -0.3 is 9.84 Å². The molecule has 3 aromatic rings. The number of methoxy groups -OCH3 is 1. The summed E-state index contributed by atoms with van der Waals surface area (Å²) in [4.78, 5) is 8.13. The van der Waals surface area contributed by atoms with E-state index >= 15 is 0 Å². The van der Waals surface area contributed by atoms with Crippen molar-refractivity contribution in [2.24, 2.45) is 0 Å². The third-order valence-corrected chi connectivity index (χ3v) is 4.06. The maximum Gasteiger partial charge on any atom is 0.162 e. The fourth-order valence-corrected chi connectivity index (χ4v) is 2.53. The van der Waals surface area contributed by atoms with E-state index in [0.29, 0.717) is 16.9 Å². The lowest BCUT2D eigenvalue weighted by atomic mass is 10.0. The van der Waals surface area contributed by atoms with E-state index in [9.17, 15) is 9.50 Å². The van der Waals surface area contributed by atoms with Gasteiger partial charge in [0, 0.05) is 22.7 Å². The number of aryl methyl sites for hydroxylation is 3. The molecular weight excluding hydrogens is 355 g/mol. The minimum Gasteiger partial charge on any atom is -0.504 e. The van der Waals surface area contributed by atoms with Crippen molar-refractivity contribution < 1.29 is 14.2 Å². The number of allylic oxidation sites excluding steroid dienone is 1. The summed E-state index contributed by atoms with van der Waals surface area (Å²) in [5.41, 5.74) is 4.00. The molecule has 0 aliphatic carbocycles. The van der Waals surface area contributed by atoms with Crippen molar-refractivity contribution in [3.63, 3.8) is 0 Å². The van der Waals surface area contributed by atoms with Crippen molar-refractivity contribution in [3.8, 4) is 11.5 Å². The molecule has 0 radical (unpaired) electrons. The quantitative estimate of drug-likeness (QED) is 0.575. The second kappa shape index (κ2) is 11.0. The van der Waals surface area contributed by atoms with Crippen molar-refractivity contribution in [1.82, 2.24) is 9.97 Å². The van der Waals surface area contributed by atoms with E-state index in [2.05, 4.69) is 9.97 Å². The van der Waals surface area contributed by atoms with E-state index in [-0.39, 0.29) is 11.6 Å². The molecule has 0 aliphatic heterocycles. The molecule has 150 valence electrons. The number of benzene rings is 2. The maximum absolute atomic E-state index is 13.4. The Bertz CT molecular complexity index is 953. The van der Waals surface area contributed by atoms with Crippen LogP contribution in [0.1, 0.15) is 43.2 Å². The SMILES string of the molecule is C/C=C\c1c(C)ccc(C)c1F.CC.COc1cc2ncnc(C)c2cc1O. The number of phenols is 1. The highest BCUT2D eigenvalue weighted by Gasteiger charge is 2.06. The Labute approximate surface area is 166 Å². The second-order valence-electron chi connectivity index (χ2n) is 5.93. The van der Waals surface area contributed by atoms with Gasteiger partial charge in [-0.05, 0) is 44.9 Å². The summed E-state index contributed by atoms with van der Waals surface area (Å²) in [6.07, 6.45) is 5.15. The van der Waals surface area contributed by atoms with E-state index in [0.717, 1.165) is 22.2 Å². The summed E-state index contributed by atoms with van der Waals surface area (Å²) < 4.78 is 18.4. The molecule has 1 heterocycles. The first-order valence-corrected chi connectivity index (χ1v) is 9.25. The molecule has 0 spiro atoms. The van der Waals surface area contributed by atoms with Crippen molar-refractivity contribution in [2.75, 3.05) is 7.11 Å². The Morgan fingerprint density at radius 1 is 1.04 bits per heavy atom. The van der Waals surface area contributed by atoms with Crippen molar-refractivity contribution >= 4 is 17.0 Å². The second-order valence-corrected chi connectivity index (χ2v) is 5.93. The average Bonchev–Trinajstić information content (AvgIpc) is 2.70. The van der Waals surface area contributed by atoms with E-state index in [1.54, 1.807) is 31.2 Å². The first-order chi connectivity index (χ1) is 13.4. The number of aromatic nitrogens is 2. The zero-order chi connectivity index (χ0) is 21.3. The van der Waals surface area contributed by atoms with Crippen LogP contribution in [0, 0.1) is 26.6 Å². The zero-order valence-electron chi connectivity index (χ0n) is 17.7. The molecule has 0 fully saturated rings. The molecule has 0 atom stereocenters. The molecule has 1 aromatic heterocycles. The summed E-state index contributed by atoms with van der Waals surface area (Å²) in [5.74, 6) is 0.432. The number of nitrogens with zero attached hydrogens (tertiary/aromatic N) is 2. The summed E-state index contributed by atoms with van der Waals surface area (Å²) in [6, 6.07) is 7.05. The van der Waals surface area contributed by atoms with Crippen LogP contribution in [0.4, 0.5) is 4.39 Å². The standard InChI is InChI=1S/C11H13F.C10H10N2O2.C2H6/c1-4-5-10-8(2)6-7-9(3)11(10)12;1-6-7-3-9(13)10(14-2)4-8(7)12-5-11-6;1-2/h4-7H,1-3H3;3-5,13H,1-2H3;1-2H3/b5-4-;;. The average molecular weight is 384 g/mol. The summed E-state index contributed by atoms with van der Waals surface area (Å²) in [6.45, 7) is 11.5. The lowest BCUT2D eigenvalue weighted by molar-refractivity contribution is 0.374. The van der Waals surface area contributed by atoms with Gasteiger partial charge in [-0.25, -0.2) is 14.4 Å². The van der Waals surface area contributed by atoms with Gasteiger partial charge in [-0.15, -0.1) is 0 Å². The maximum atomic E-state index is 13.4. The Balaban J connectivity index is 0.000000260. The van der Waals surface area contributed by atoms with Crippen LogP contribution in [0.2, 0.25) is 0 Å². The zero-order valence-corrected chi connectivity index (χ0v) is 17.7. The first-order valence-electron chi connectivity index (χ1n) is 9.25. The molecule has 0 saturated carbocycles. The van der Waals surface area contributed by atoms with Gasteiger partial charge in [0.05, 0.1) is 12.6 Å². The summed E-state index contributed by atoms with van der Waals surface area (Å²) in [7, 11) is 1.51. The van der Waals surface area contributed by atoms with Gasteiger partial charge in [-0.3, -0.25) is 0 Å². The van der Waals surface area contributed by atoms with E-state index < -0.39 is 0 Å². The van der Waals surface area contributed by atoms with E-state index in [4.69, 9.17) is 4.74 Å². The summed E-state index contributed by atoms with van der Waals surface area (Å²) in [5, 5.41) is 10.4. The minimum atomic E-state index is -0.104. The minimum absolute atomic E-state index is 0.104. The molecule has 0 amide bonds. The van der Waals surface area contributed by atoms with Crippen molar-refractivity contribution in [2.45, 2.75) is 41.5 Å². The lowest BCUT2D eigenvalue weighted by Crippen LogP contribution is -1.90. The van der Waals surface area contributed by atoms with Gasteiger partial charge in [0.2, 0.25) is 0 Å². The Hall–Kier alpha value is -2.95. The molecule has 3 rings (SSSR count). The highest BCUT2D eigenvalue weighted by atomic mass is 19.1. The largest absolute Gasteiger partial charge is 0.504 e. The number of fused-ring (bicyclic) bond motifs is 1. The lowest BCUT2D eigenvalue weighted by Gasteiger charge is -2.05. The molecule has 0 unspecified atom stereocenters. The fraction of sp³-hybridized carbons (Fsp3) is 0.304. The monoisotopic (exact) mass is 384 g/mol. The van der Waals surface area contributed by atoms with Gasteiger partial charge in [0.1, 0.15) is 12.1 Å². The summed E-state index contributed by atoms with van der Waals surface area (Å²) >= 11 is 0. The number of phenolic OH excluding ortho intramolecular Hbond substituents is 1. The third kappa shape index (κ3) is 5.52. The van der Waals surface area contributed by atoms with Crippen LogP contribution in [0.3, 0.4) is 0 Å². The van der Waals surface area contributed by atoms with Crippen LogP contribution >= 0.6 is 0 Å². The predicted molar refractivity (Wildman–Crippen MR) is 114 cm³/mol. The number of hydrogen-bond donors (Lipinski definition) is 1. The van der Waals surface area contributed by atoms with E-state index in [1.165, 1.54) is 13.4 Å². The van der Waals surface area contributed by atoms with E-state index in [1.807, 2.05) is 46.8 Å². The molecule has 28 heavy (non-hydrogen) atoms. The van der Waals surface area contributed by atoms with Crippen LogP contribution in [0.5, 0.6) is 11.5 Å². The van der Waals surface area contributed by atoms with Crippen LogP contribution in [-0.2, 0) is 0 Å². The number of hydrogen-bond acceptors (Lipinski definition) is 4. The smallest absolute Gasteiger partial charge is 0.162 e. The number of aromatic hydroxyl groups is 1.